The van der Waals surface area contributed by atoms with E-state index in [1.54, 1.807) is 6.07 Å². The van der Waals surface area contributed by atoms with E-state index in [9.17, 15) is 4.79 Å². The van der Waals surface area contributed by atoms with Crippen LogP contribution in [0, 0.1) is 13.8 Å². The predicted octanol–water partition coefficient (Wildman–Crippen LogP) is 3.31. The van der Waals surface area contributed by atoms with Crippen LogP contribution >= 0.6 is 0 Å². The Kier molecular flexibility index (Phi) is 3.18. The van der Waals surface area contributed by atoms with E-state index in [0.29, 0.717) is 35.8 Å². The lowest BCUT2D eigenvalue weighted by Crippen LogP contribution is -2.18. The fourth-order valence-corrected chi connectivity index (χ4v) is 2.47. The van der Waals surface area contributed by atoms with Crippen molar-refractivity contribution in [2.75, 3.05) is 13.2 Å². The Bertz CT molecular complexity index is 674. The molecular weight excluding hydrogens is 252 g/mol. The summed E-state index contributed by atoms with van der Waals surface area (Å²) in [7, 11) is 0. The molecule has 2 aromatic rings. The highest BCUT2D eigenvalue weighted by Gasteiger charge is 2.22. The first kappa shape index (κ1) is 12.7. The minimum Gasteiger partial charge on any atom is -0.486 e. The zero-order valence-electron chi connectivity index (χ0n) is 11.6. The Balaban J connectivity index is 2.07. The molecule has 0 N–H and O–H groups in total. The van der Waals surface area contributed by atoms with Crippen LogP contribution in [0.3, 0.4) is 0 Å². The average molecular weight is 268 g/mol. The molecule has 0 aromatic heterocycles. The van der Waals surface area contributed by atoms with E-state index in [0.717, 1.165) is 11.1 Å². The highest BCUT2D eigenvalue weighted by atomic mass is 16.6. The number of aryl methyl sites for hydroxylation is 2. The standard InChI is InChI=1S/C17H16O3/c1-11-6-7-13(12(2)10-11)16(18)14-4-3-5-15-17(14)20-9-8-19-15/h3-7,10H,8-9H2,1-2H3. The summed E-state index contributed by atoms with van der Waals surface area (Å²) in [6.45, 7) is 4.97. The van der Waals surface area contributed by atoms with Crippen LogP contribution in [0.5, 0.6) is 11.5 Å². The Hall–Kier alpha value is -2.29. The first-order chi connectivity index (χ1) is 9.66. The molecule has 0 amide bonds. The summed E-state index contributed by atoms with van der Waals surface area (Å²) in [6, 6.07) is 11.3. The zero-order chi connectivity index (χ0) is 14.1. The summed E-state index contributed by atoms with van der Waals surface area (Å²) >= 11 is 0. The number of rotatable bonds is 2. The van der Waals surface area contributed by atoms with E-state index in [1.807, 2.05) is 44.2 Å². The second kappa shape index (κ2) is 5.00. The van der Waals surface area contributed by atoms with Crippen LogP contribution in [-0.2, 0) is 0 Å². The molecule has 3 heteroatoms. The van der Waals surface area contributed by atoms with Crippen molar-refractivity contribution in [3.05, 3.63) is 58.7 Å². The largest absolute Gasteiger partial charge is 0.486 e. The molecular formula is C17H16O3. The molecule has 20 heavy (non-hydrogen) atoms. The normalized spacial score (nSPS) is 13.1. The molecule has 1 aliphatic rings. The van der Waals surface area contributed by atoms with Gasteiger partial charge in [-0.3, -0.25) is 4.79 Å². The van der Waals surface area contributed by atoms with Crippen molar-refractivity contribution in [2.45, 2.75) is 13.8 Å². The molecule has 3 nitrogen and oxygen atoms in total. The van der Waals surface area contributed by atoms with E-state index < -0.39 is 0 Å². The van der Waals surface area contributed by atoms with E-state index in [4.69, 9.17) is 9.47 Å². The van der Waals surface area contributed by atoms with Gasteiger partial charge in [-0.1, -0.05) is 29.8 Å². The highest BCUT2D eigenvalue weighted by Crippen LogP contribution is 2.35. The number of carbonyl (C=O) groups excluding carboxylic acids is 1. The van der Waals surface area contributed by atoms with Gasteiger partial charge in [0.2, 0.25) is 0 Å². The fourth-order valence-electron chi connectivity index (χ4n) is 2.47. The number of carbonyl (C=O) groups is 1. The maximum absolute atomic E-state index is 12.7. The van der Waals surface area contributed by atoms with E-state index in [2.05, 4.69) is 0 Å². The van der Waals surface area contributed by atoms with E-state index in [1.165, 1.54) is 0 Å². The third-order valence-corrected chi connectivity index (χ3v) is 3.44. The van der Waals surface area contributed by atoms with Crippen LogP contribution in [0.4, 0.5) is 0 Å². The first-order valence-electron chi connectivity index (χ1n) is 6.67. The van der Waals surface area contributed by atoms with Gasteiger partial charge in [-0.25, -0.2) is 0 Å². The quantitative estimate of drug-likeness (QED) is 0.784. The second-order valence-corrected chi connectivity index (χ2v) is 4.98. The SMILES string of the molecule is Cc1ccc(C(=O)c2cccc3c2OCCO3)c(C)c1. The van der Waals surface area contributed by atoms with Gasteiger partial charge in [-0.2, -0.15) is 0 Å². The molecule has 0 aliphatic carbocycles. The van der Waals surface area contributed by atoms with Crippen LogP contribution in [0.15, 0.2) is 36.4 Å². The average Bonchev–Trinajstić information content (AvgIpc) is 2.46. The number of ether oxygens (including phenoxy) is 2. The van der Waals surface area contributed by atoms with Crippen molar-refractivity contribution in [3.63, 3.8) is 0 Å². The molecule has 0 bridgehead atoms. The number of para-hydroxylation sites is 1. The molecule has 1 aliphatic heterocycles. The number of benzene rings is 2. The number of hydrogen-bond acceptors (Lipinski definition) is 3. The summed E-state index contributed by atoms with van der Waals surface area (Å²) in [4.78, 5) is 12.7. The van der Waals surface area contributed by atoms with Gasteiger partial charge in [-0.05, 0) is 31.5 Å². The van der Waals surface area contributed by atoms with Crippen LogP contribution in [0.1, 0.15) is 27.0 Å². The Morgan fingerprint density at radius 3 is 2.60 bits per heavy atom. The van der Waals surface area contributed by atoms with Gasteiger partial charge in [0.25, 0.3) is 0 Å². The molecule has 0 fully saturated rings. The number of ketones is 1. The third kappa shape index (κ3) is 2.16. The number of hydrogen-bond donors (Lipinski definition) is 0. The molecule has 1 heterocycles. The summed E-state index contributed by atoms with van der Waals surface area (Å²) in [5.74, 6) is 1.18. The van der Waals surface area contributed by atoms with Gasteiger partial charge < -0.3 is 9.47 Å². The van der Waals surface area contributed by atoms with Crippen LogP contribution < -0.4 is 9.47 Å². The lowest BCUT2D eigenvalue weighted by Gasteiger charge is -2.20. The smallest absolute Gasteiger partial charge is 0.197 e. The van der Waals surface area contributed by atoms with Crippen molar-refractivity contribution in [1.29, 1.82) is 0 Å². The zero-order valence-corrected chi connectivity index (χ0v) is 11.6. The van der Waals surface area contributed by atoms with E-state index >= 15 is 0 Å². The van der Waals surface area contributed by atoms with Gasteiger partial charge in [-0.15, -0.1) is 0 Å². The van der Waals surface area contributed by atoms with Gasteiger partial charge in [0.05, 0.1) is 5.56 Å². The fraction of sp³-hybridized carbons (Fsp3) is 0.235. The Morgan fingerprint density at radius 2 is 1.80 bits per heavy atom. The summed E-state index contributed by atoms with van der Waals surface area (Å²) in [5, 5.41) is 0. The molecule has 2 aromatic carbocycles. The lowest BCUT2D eigenvalue weighted by atomic mass is 9.97. The van der Waals surface area contributed by atoms with Crippen LogP contribution in [0.25, 0.3) is 0 Å². The lowest BCUT2D eigenvalue weighted by molar-refractivity contribution is 0.102. The van der Waals surface area contributed by atoms with Crippen molar-refractivity contribution in [2.24, 2.45) is 0 Å². The minimum absolute atomic E-state index is 0.0233. The predicted molar refractivity (Wildman–Crippen MR) is 76.8 cm³/mol. The van der Waals surface area contributed by atoms with Gasteiger partial charge in [0, 0.05) is 5.56 Å². The monoisotopic (exact) mass is 268 g/mol. The van der Waals surface area contributed by atoms with Crippen LogP contribution in [-0.4, -0.2) is 19.0 Å². The molecule has 0 unspecified atom stereocenters. The Labute approximate surface area is 118 Å². The minimum atomic E-state index is -0.0233. The molecule has 0 atom stereocenters. The van der Waals surface area contributed by atoms with Gasteiger partial charge >= 0.3 is 0 Å². The maximum Gasteiger partial charge on any atom is 0.197 e. The van der Waals surface area contributed by atoms with E-state index in [-0.39, 0.29) is 5.78 Å². The van der Waals surface area contributed by atoms with Crippen molar-refractivity contribution in [3.8, 4) is 11.5 Å². The van der Waals surface area contributed by atoms with Crippen molar-refractivity contribution in [1.82, 2.24) is 0 Å². The summed E-state index contributed by atoms with van der Waals surface area (Å²) in [5.41, 5.74) is 3.39. The Morgan fingerprint density at radius 1 is 1.00 bits per heavy atom. The molecule has 102 valence electrons. The van der Waals surface area contributed by atoms with Gasteiger partial charge in [0.1, 0.15) is 13.2 Å². The van der Waals surface area contributed by atoms with Gasteiger partial charge in [0.15, 0.2) is 17.3 Å². The molecule has 3 rings (SSSR count). The number of fused-ring (bicyclic) bond motifs is 1. The van der Waals surface area contributed by atoms with Crippen molar-refractivity contribution < 1.29 is 14.3 Å². The molecule has 0 radical (unpaired) electrons. The highest BCUT2D eigenvalue weighted by molar-refractivity contribution is 6.12. The third-order valence-electron chi connectivity index (χ3n) is 3.44. The van der Waals surface area contributed by atoms with Crippen molar-refractivity contribution >= 4 is 5.78 Å². The maximum atomic E-state index is 12.7. The second-order valence-electron chi connectivity index (χ2n) is 4.98. The molecule has 0 saturated heterocycles. The van der Waals surface area contributed by atoms with Crippen LogP contribution in [0.2, 0.25) is 0 Å². The molecule has 0 spiro atoms. The molecule has 0 saturated carbocycles. The summed E-state index contributed by atoms with van der Waals surface area (Å²) < 4.78 is 11.1. The topological polar surface area (TPSA) is 35.5 Å². The summed E-state index contributed by atoms with van der Waals surface area (Å²) in [6.07, 6.45) is 0. The first-order valence-corrected chi connectivity index (χ1v) is 6.67.